The molecule has 0 radical (unpaired) electrons. The van der Waals surface area contributed by atoms with E-state index in [1.165, 1.54) is 5.57 Å². The van der Waals surface area contributed by atoms with E-state index in [1.54, 1.807) is 0 Å². The molecule has 0 rings (SSSR count). The maximum atomic E-state index is 10.5. The summed E-state index contributed by atoms with van der Waals surface area (Å²) in [6.07, 6.45) is 4.78. The fourth-order valence-corrected chi connectivity index (χ4v) is 1.30. The molecular formula is C10H17ClO. The SMILES string of the molecule is CC(C)=CCCC(C)CC(=O)Cl. The fourth-order valence-electron chi connectivity index (χ4n) is 1.03. The molecule has 1 atom stereocenters. The molecule has 0 bridgehead atoms. The number of hydrogen-bond donors (Lipinski definition) is 0. The van der Waals surface area contributed by atoms with Crippen molar-refractivity contribution in [3.05, 3.63) is 11.6 Å². The maximum Gasteiger partial charge on any atom is 0.221 e. The van der Waals surface area contributed by atoms with Crippen LogP contribution < -0.4 is 0 Å². The van der Waals surface area contributed by atoms with Gasteiger partial charge in [-0.15, -0.1) is 0 Å². The Bertz CT molecular complexity index is 169. The Balaban J connectivity index is 3.50. The second-order valence-electron chi connectivity index (χ2n) is 3.52. The van der Waals surface area contributed by atoms with Crippen LogP contribution in [0.1, 0.15) is 40.0 Å². The number of halogens is 1. The van der Waals surface area contributed by atoms with Crippen molar-refractivity contribution in [3.63, 3.8) is 0 Å². The highest BCUT2D eigenvalue weighted by Gasteiger charge is 2.04. The Morgan fingerprint density at radius 3 is 2.50 bits per heavy atom. The van der Waals surface area contributed by atoms with Crippen molar-refractivity contribution in [2.24, 2.45) is 5.92 Å². The molecule has 12 heavy (non-hydrogen) atoms. The van der Waals surface area contributed by atoms with E-state index >= 15 is 0 Å². The molecule has 0 aliphatic heterocycles. The third kappa shape index (κ3) is 7.80. The maximum absolute atomic E-state index is 10.5. The normalized spacial score (nSPS) is 12.3. The van der Waals surface area contributed by atoms with Crippen molar-refractivity contribution in [1.82, 2.24) is 0 Å². The minimum atomic E-state index is -0.222. The van der Waals surface area contributed by atoms with Crippen molar-refractivity contribution in [1.29, 1.82) is 0 Å². The van der Waals surface area contributed by atoms with Gasteiger partial charge >= 0.3 is 0 Å². The van der Waals surface area contributed by atoms with E-state index in [0.717, 1.165) is 12.8 Å². The monoisotopic (exact) mass is 188 g/mol. The summed E-state index contributed by atoms with van der Waals surface area (Å²) in [4.78, 5) is 10.5. The van der Waals surface area contributed by atoms with Gasteiger partial charge < -0.3 is 0 Å². The second kappa shape index (κ2) is 6.24. The highest BCUT2D eigenvalue weighted by Crippen LogP contribution is 2.12. The van der Waals surface area contributed by atoms with Crippen LogP contribution in [0.15, 0.2) is 11.6 Å². The van der Waals surface area contributed by atoms with Gasteiger partial charge in [0.15, 0.2) is 0 Å². The predicted molar refractivity (Wildman–Crippen MR) is 53.3 cm³/mol. The van der Waals surface area contributed by atoms with Gasteiger partial charge in [0.2, 0.25) is 5.24 Å². The summed E-state index contributed by atoms with van der Waals surface area (Å²) in [6.45, 7) is 6.22. The topological polar surface area (TPSA) is 17.1 Å². The van der Waals surface area contributed by atoms with E-state index in [9.17, 15) is 4.79 Å². The van der Waals surface area contributed by atoms with Crippen LogP contribution in [-0.2, 0) is 4.79 Å². The molecule has 0 fully saturated rings. The molecule has 0 aliphatic rings. The quantitative estimate of drug-likeness (QED) is 0.477. The van der Waals surface area contributed by atoms with E-state index < -0.39 is 0 Å². The summed E-state index contributed by atoms with van der Waals surface area (Å²) in [6, 6.07) is 0. The Labute approximate surface area is 79.8 Å². The van der Waals surface area contributed by atoms with Gasteiger partial charge in [0, 0.05) is 6.42 Å². The van der Waals surface area contributed by atoms with Gasteiger partial charge in [-0.2, -0.15) is 0 Å². The number of carbonyl (C=O) groups is 1. The lowest BCUT2D eigenvalue weighted by Crippen LogP contribution is -1.98. The Hall–Kier alpha value is -0.300. The van der Waals surface area contributed by atoms with Crippen molar-refractivity contribution in [3.8, 4) is 0 Å². The molecule has 0 aromatic carbocycles. The van der Waals surface area contributed by atoms with Crippen LogP contribution in [0.4, 0.5) is 0 Å². The lowest BCUT2D eigenvalue weighted by atomic mass is 10.0. The van der Waals surface area contributed by atoms with E-state index in [2.05, 4.69) is 26.8 Å². The van der Waals surface area contributed by atoms with Gasteiger partial charge in [-0.05, 0) is 44.2 Å². The van der Waals surface area contributed by atoms with Crippen LogP contribution in [0.25, 0.3) is 0 Å². The van der Waals surface area contributed by atoms with Gasteiger partial charge in [0.25, 0.3) is 0 Å². The first-order valence-electron chi connectivity index (χ1n) is 4.34. The van der Waals surface area contributed by atoms with E-state index in [-0.39, 0.29) is 5.24 Å². The number of rotatable bonds is 5. The fraction of sp³-hybridized carbons (Fsp3) is 0.700. The summed E-state index contributed by atoms with van der Waals surface area (Å²) in [5.74, 6) is 0.408. The highest BCUT2D eigenvalue weighted by molar-refractivity contribution is 6.63. The van der Waals surface area contributed by atoms with Crippen molar-refractivity contribution in [2.45, 2.75) is 40.0 Å². The summed E-state index contributed by atoms with van der Waals surface area (Å²) in [5, 5.41) is -0.222. The number of hydrogen-bond acceptors (Lipinski definition) is 1. The predicted octanol–water partition coefficient (Wildman–Crippen LogP) is 3.52. The van der Waals surface area contributed by atoms with E-state index in [4.69, 9.17) is 11.6 Å². The van der Waals surface area contributed by atoms with E-state index in [0.29, 0.717) is 12.3 Å². The van der Waals surface area contributed by atoms with Crippen LogP contribution in [0.2, 0.25) is 0 Å². The molecule has 0 aromatic heterocycles. The summed E-state index contributed by atoms with van der Waals surface area (Å²) in [5.41, 5.74) is 1.33. The molecule has 0 aromatic rings. The molecule has 0 N–H and O–H groups in total. The van der Waals surface area contributed by atoms with Crippen LogP contribution in [-0.4, -0.2) is 5.24 Å². The van der Waals surface area contributed by atoms with E-state index in [1.807, 2.05) is 0 Å². The molecule has 1 unspecified atom stereocenters. The lowest BCUT2D eigenvalue weighted by molar-refractivity contribution is -0.112. The van der Waals surface area contributed by atoms with Gasteiger partial charge in [-0.3, -0.25) is 4.79 Å². The second-order valence-corrected chi connectivity index (χ2v) is 3.94. The van der Waals surface area contributed by atoms with Crippen LogP contribution >= 0.6 is 11.6 Å². The molecule has 0 saturated carbocycles. The van der Waals surface area contributed by atoms with Crippen molar-refractivity contribution < 1.29 is 4.79 Å². The van der Waals surface area contributed by atoms with Gasteiger partial charge in [0.1, 0.15) is 0 Å². The first kappa shape index (κ1) is 11.7. The Kier molecular flexibility index (Phi) is 6.09. The number of allylic oxidation sites excluding steroid dienone is 2. The summed E-state index contributed by atoms with van der Waals surface area (Å²) >= 11 is 5.26. The Morgan fingerprint density at radius 2 is 2.08 bits per heavy atom. The van der Waals surface area contributed by atoms with Crippen molar-refractivity contribution >= 4 is 16.8 Å². The molecule has 0 saturated heterocycles. The zero-order valence-electron chi connectivity index (χ0n) is 8.06. The first-order chi connectivity index (χ1) is 5.52. The minimum absolute atomic E-state index is 0.222. The summed E-state index contributed by atoms with van der Waals surface area (Å²) in [7, 11) is 0. The van der Waals surface area contributed by atoms with Crippen LogP contribution in [0.5, 0.6) is 0 Å². The smallest absolute Gasteiger partial charge is 0.221 e. The molecule has 1 nitrogen and oxygen atoms in total. The third-order valence-corrected chi connectivity index (χ3v) is 1.88. The van der Waals surface area contributed by atoms with Crippen molar-refractivity contribution in [2.75, 3.05) is 0 Å². The minimum Gasteiger partial charge on any atom is -0.281 e. The molecule has 0 amide bonds. The molecule has 0 heterocycles. The lowest BCUT2D eigenvalue weighted by Gasteiger charge is -2.05. The zero-order valence-corrected chi connectivity index (χ0v) is 8.82. The standard InChI is InChI=1S/C10H17ClO/c1-8(2)5-4-6-9(3)7-10(11)12/h5,9H,4,6-7H2,1-3H3. The average molecular weight is 189 g/mol. The molecular weight excluding hydrogens is 172 g/mol. The molecule has 0 spiro atoms. The van der Waals surface area contributed by atoms with Crippen LogP contribution in [0, 0.1) is 5.92 Å². The highest BCUT2D eigenvalue weighted by atomic mass is 35.5. The molecule has 0 aliphatic carbocycles. The van der Waals surface area contributed by atoms with Gasteiger partial charge in [0.05, 0.1) is 0 Å². The molecule has 2 heteroatoms. The van der Waals surface area contributed by atoms with Crippen LogP contribution in [0.3, 0.4) is 0 Å². The molecule has 70 valence electrons. The zero-order chi connectivity index (χ0) is 9.56. The van der Waals surface area contributed by atoms with Gasteiger partial charge in [-0.25, -0.2) is 0 Å². The average Bonchev–Trinajstić information content (AvgIpc) is 1.84. The third-order valence-electron chi connectivity index (χ3n) is 1.72. The summed E-state index contributed by atoms with van der Waals surface area (Å²) < 4.78 is 0. The van der Waals surface area contributed by atoms with Gasteiger partial charge in [-0.1, -0.05) is 18.6 Å². The Morgan fingerprint density at radius 1 is 1.50 bits per heavy atom. The first-order valence-corrected chi connectivity index (χ1v) is 4.72. The largest absolute Gasteiger partial charge is 0.281 e. The number of carbonyl (C=O) groups excluding carboxylic acids is 1.